The lowest BCUT2D eigenvalue weighted by atomic mass is 9.87. The summed E-state index contributed by atoms with van der Waals surface area (Å²) in [6.45, 7) is 8.78. The Morgan fingerprint density at radius 2 is 1.75 bits per heavy atom. The summed E-state index contributed by atoms with van der Waals surface area (Å²) in [6, 6.07) is 14.7. The molecular formula is C19H25NO3S. The molecule has 2 rings (SSSR count). The minimum Gasteiger partial charge on any atom is -0.492 e. The number of rotatable bonds is 6. The van der Waals surface area contributed by atoms with Crippen molar-refractivity contribution in [2.24, 2.45) is 0 Å². The van der Waals surface area contributed by atoms with Gasteiger partial charge < -0.3 is 4.74 Å². The van der Waals surface area contributed by atoms with Gasteiger partial charge in [0, 0.05) is 6.54 Å². The van der Waals surface area contributed by atoms with Crippen LogP contribution in [0.15, 0.2) is 53.4 Å². The van der Waals surface area contributed by atoms with Crippen molar-refractivity contribution in [2.45, 2.75) is 38.0 Å². The molecule has 24 heavy (non-hydrogen) atoms. The average molecular weight is 347 g/mol. The molecule has 2 aromatic carbocycles. The monoisotopic (exact) mass is 347 g/mol. The van der Waals surface area contributed by atoms with Gasteiger partial charge in [0.05, 0.1) is 4.90 Å². The van der Waals surface area contributed by atoms with Crippen LogP contribution in [0, 0.1) is 6.92 Å². The highest BCUT2D eigenvalue weighted by molar-refractivity contribution is 7.89. The molecule has 0 atom stereocenters. The second-order valence-corrected chi connectivity index (χ2v) is 8.61. The summed E-state index contributed by atoms with van der Waals surface area (Å²) >= 11 is 0. The maximum absolute atomic E-state index is 12.2. The summed E-state index contributed by atoms with van der Waals surface area (Å²) in [4.78, 5) is 0.275. The molecule has 1 N–H and O–H groups in total. The summed E-state index contributed by atoms with van der Waals surface area (Å²) in [5.41, 5.74) is 2.14. The fraction of sp³-hybridized carbons (Fsp3) is 0.368. The second kappa shape index (κ2) is 7.36. The van der Waals surface area contributed by atoms with E-state index in [1.54, 1.807) is 18.2 Å². The van der Waals surface area contributed by atoms with Crippen LogP contribution in [0.5, 0.6) is 5.75 Å². The normalized spacial score (nSPS) is 12.2. The van der Waals surface area contributed by atoms with Crippen molar-refractivity contribution in [1.82, 2.24) is 4.72 Å². The fourth-order valence-corrected chi connectivity index (χ4v) is 3.38. The van der Waals surface area contributed by atoms with Gasteiger partial charge in [0.15, 0.2) is 0 Å². The van der Waals surface area contributed by atoms with E-state index >= 15 is 0 Å². The number of sulfonamides is 1. The molecule has 0 aliphatic heterocycles. The third-order valence-electron chi connectivity index (χ3n) is 3.66. The summed E-state index contributed by atoms with van der Waals surface area (Å²) in [7, 11) is -3.50. The highest BCUT2D eigenvalue weighted by Gasteiger charge is 2.15. The molecule has 0 spiro atoms. The molecule has 5 heteroatoms. The predicted molar refractivity (Wildman–Crippen MR) is 97.0 cm³/mol. The zero-order valence-corrected chi connectivity index (χ0v) is 15.5. The van der Waals surface area contributed by atoms with Gasteiger partial charge in [-0.2, -0.15) is 0 Å². The first-order valence-electron chi connectivity index (χ1n) is 7.98. The highest BCUT2D eigenvalue weighted by Crippen LogP contribution is 2.25. The summed E-state index contributed by atoms with van der Waals surface area (Å²) in [6.07, 6.45) is 0. The molecule has 0 aromatic heterocycles. The summed E-state index contributed by atoms with van der Waals surface area (Å²) < 4.78 is 32.7. The first-order chi connectivity index (χ1) is 11.2. The zero-order chi connectivity index (χ0) is 17.8. The Labute approximate surface area is 144 Å². The van der Waals surface area contributed by atoms with Crippen LogP contribution in [0.3, 0.4) is 0 Å². The fourth-order valence-electron chi connectivity index (χ4n) is 2.26. The Balaban J connectivity index is 1.91. The van der Waals surface area contributed by atoms with Crippen molar-refractivity contribution < 1.29 is 13.2 Å². The molecule has 0 aliphatic carbocycles. The lowest BCUT2D eigenvalue weighted by molar-refractivity contribution is 0.322. The van der Waals surface area contributed by atoms with Crippen LogP contribution in [0.2, 0.25) is 0 Å². The molecule has 2 aromatic rings. The van der Waals surface area contributed by atoms with E-state index in [2.05, 4.69) is 31.6 Å². The van der Waals surface area contributed by atoms with Crippen molar-refractivity contribution in [3.63, 3.8) is 0 Å². The SMILES string of the molecule is Cc1cccc(S(=O)(=O)NCCOc2cccc(C(C)(C)C)c2)c1. The molecule has 0 bridgehead atoms. The molecule has 0 saturated heterocycles. The van der Waals surface area contributed by atoms with Gasteiger partial charge in [-0.15, -0.1) is 0 Å². The molecule has 0 heterocycles. The van der Waals surface area contributed by atoms with Crippen LogP contribution in [0.4, 0.5) is 0 Å². The van der Waals surface area contributed by atoms with E-state index in [1.165, 1.54) is 5.56 Å². The number of benzene rings is 2. The molecule has 0 radical (unpaired) electrons. The molecule has 0 amide bonds. The van der Waals surface area contributed by atoms with Crippen LogP contribution in [0.1, 0.15) is 31.9 Å². The summed E-state index contributed by atoms with van der Waals surface area (Å²) in [5, 5.41) is 0. The van der Waals surface area contributed by atoms with Gasteiger partial charge in [-0.1, -0.05) is 45.0 Å². The molecule has 0 unspecified atom stereocenters. The first-order valence-corrected chi connectivity index (χ1v) is 9.46. The van der Waals surface area contributed by atoms with E-state index in [0.717, 1.165) is 11.3 Å². The van der Waals surface area contributed by atoms with Crippen molar-refractivity contribution in [3.05, 3.63) is 59.7 Å². The lowest BCUT2D eigenvalue weighted by Crippen LogP contribution is -2.28. The Morgan fingerprint density at radius 3 is 2.42 bits per heavy atom. The van der Waals surface area contributed by atoms with Crippen molar-refractivity contribution in [1.29, 1.82) is 0 Å². The average Bonchev–Trinajstić information content (AvgIpc) is 2.51. The van der Waals surface area contributed by atoms with Crippen molar-refractivity contribution >= 4 is 10.0 Å². The largest absolute Gasteiger partial charge is 0.492 e. The van der Waals surface area contributed by atoms with E-state index in [-0.39, 0.29) is 23.5 Å². The lowest BCUT2D eigenvalue weighted by Gasteiger charge is -2.19. The van der Waals surface area contributed by atoms with Gasteiger partial charge in [0.1, 0.15) is 12.4 Å². The Hall–Kier alpha value is -1.85. The van der Waals surface area contributed by atoms with Crippen LogP contribution < -0.4 is 9.46 Å². The van der Waals surface area contributed by atoms with Crippen molar-refractivity contribution in [3.8, 4) is 5.75 Å². The number of nitrogens with one attached hydrogen (secondary N) is 1. The van der Waals surface area contributed by atoms with Gasteiger partial charge in [-0.3, -0.25) is 0 Å². The smallest absolute Gasteiger partial charge is 0.240 e. The first kappa shape index (κ1) is 18.5. The number of ether oxygens (including phenoxy) is 1. The van der Waals surface area contributed by atoms with Gasteiger partial charge in [0.2, 0.25) is 10.0 Å². The summed E-state index contributed by atoms with van der Waals surface area (Å²) in [5.74, 6) is 0.747. The zero-order valence-electron chi connectivity index (χ0n) is 14.7. The van der Waals surface area contributed by atoms with Gasteiger partial charge in [-0.05, 0) is 47.7 Å². The minimum absolute atomic E-state index is 0.0477. The molecule has 0 saturated carbocycles. The molecule has 130 valence electrons. The molecular weight excluding hydrogens is 322 g/mol. The van der Waals surface area contributed by atoms with Gasteiger partial charge >= 0.3 is 0 Å². The maximum Gasteiger partial charge on any atom is 0.240 e. The van der Waals surface area contributed by atoms with Gasteiger partial charge in [-0.25, -0.2) is 13.1 Å². The Kier molecular flexibility index (Phi) is 5.67. The van der Waals surface area contributed by atoms with E-state index in [9.17, 15) is 8.42 Å². The van der Waals surface area contributed by atoms with E-state index < -0.39 is 10.0 Å². The topological polar surface area (TPSA) is 55.4 Å². The Morgan fingerprint density at radius 1 is 1.04 bits per heavy atom. The minimum atomic E-state index is -3.50. The third-order valence-corrected chi connectivity index (χ3v) is 5.12. The molecule has 0 aliphatic rings. The second-order valence-electron chi connectivity index (χ2n) is 6.84. The Bertz CT molecular complexity index is 792. The quantitative estimate of drug-likeness (QED) is 0.812. The molecule has 4 nitrogen and oxygen atoms in total. The van der Waals surface area contributed by atoms with Crippen LogP contribution >= 0.6 is 0 Å². The predicted octanol–water partition coefficient (Wildman–Crippen LogP) is 3.65. The third kappa shape index (κ3) is 5.08. The van der Waals surface area contributed by atoms with Crippen LogP contribution in [-0.4, -0.2) is 21.6 Å². The number of aryl methyl sites for hydroxylation is 1. The van der Waals surface area contributed by atoms with E-state index in [1.807, 2.05) is 31.2 Å². The standard InChI is InChI=1S/C19H25NO3S/c1-15-7-5-10-18(13-15)24(21,22)20-11-12-23-17-9-6-8-16(14-17)19(2,3)4/h5-10,13-14,20H,11-12H2,1-4H3. The number of hydrogen-bond acceptors (Lipinski definition) is 3. The van der Waals surface area contributed by atoms with E-state index in [4.69, 9.17) is 4.74 Å². The van der Waals surface area contributed by atoms with Crippen LogP contribution in [-0.2, 0) is 15.4 Å². The number of hydrogen-bond donors (Lipinski definition) is 1. The molecule has 0 fully saturated rings. The van der Waals surface area contributed by atoms with Crippen molar-refractivity contribution in [2.75, 3.05) is 13.2 Å². The maximum atomic E-state index is 12.2. The highest BCUT2D eigenvalue weighted by atomic mass is 32.2. The van der Waals surface area contributed by atoms with Crippen LogP contribution in [0.25, 0.3) is 0 Å². The van der Waals surface area contributed by atoms with Gasteiger partial charge in [0.25, 0.3) is 0 Å². The van der Waals surface area contributed by atoms with E-state index in [0.29, 0.717) is 0 Å².